The Hall–Kier alpha value is -3.76. The van der Waals surface area contributed by atoms with Crippen molar-refractivity contribution in [3.05, 3.63) is 58.7 Å². The van der Waals surface area contributed by atoms with Gasteiger partial charge in [0.25, 0.3) is 0 Å². The van der Waals surface area contributed by atoms with E-state index in [2.05, 4.69) is 5.32 Å². The number of halogens is 3. The van der Waals surface area contributed by atoms with Gasteiger partial charge in [-0.05, 0) is 102 Å². The van der Waals surface area contributed by atoms with Crippen molar-refractivity contribution in [1.82, 2.24) is 5.32 Å². The maximum atomic E-state index is 14.0. The lowest BCUT2D eigenvalue weighted by molar-refractivity contribution is -0.158. The van der Waals surface area contributed by atoms with Crippen molar-refractivity contribution in [2.24, 2.45) is 0 Å². The number of rotatable bonds is 8. The number of anilines is 1. The van der Waals surface area contributed by atoms with Crippen molar-refractivity contribution in [3.8, 4) is 5.75 Å². The third-order valence-corrected chi connectivity index (χ3v) is 7.92. The molecule has 1 atom stereocenters. The summed E-state index contributed by atoms with van der Waals surface area (Å²) in [7, 11) is 0. The SMILES string of the molecule is CC(C)(C)OC(=O)N[C@H](CC(=O)N1CCc2cc(OCc3ccc(C4CCCCC4)cc3C(F)(F)F)ccc21)C(=O)OC(C)(C)C. The van der Waals surface area contributed by atoms with Crippen LogP contribution in [0.3, 0.4) is 0 Å². The summed E-state index contributed by atoms with van der Waals surface area (Å²) in [6.45, 7) is 10.2. The van der Waals surface area contributed by atoms with Crippen LogP contribution in [0.2, 0.25) is 0 Å². The number of esters is 1. The van der Waals surface area contributed by atoms with E-state index in [1.54, 1.807) is 65.8 Å². The minimum Gasteiger partial charge on any atom is -0.489 e. The Morgan fingerprint density at radius 3 is 2.22 bits per heavy atom. The van der Waals surface area contributed by atoms with Crippen LogP contribution in [0.5, 0.6) is 5.75 Å². The maximum absolute atomic E-state index is 14.0. The summed E-state index contributed by atoms with van der Waals surface area (Å²) in [4.78, 5) is 40.3. The lowest BCUT2D eigenvalue weighted by atomic mass is 9.83. The molecule has 4 rings (SSSR count). The van der Waals surface area contributed by atoms with Crippen LogP contribution in [0.4, 0.5) is 23.7 Å². The lowest BCUT2D eigenvalue weighted by Crippen LogP contribution is -2.48. The Morgan fingerprint density at radius 1 is 0.913 bits per heavy atom. The predicted octanol–water partition coefficient (Wildman–Crippen LogP) is 7.85. The molecule has 0 unspecified atom stereocenters. The maximum Gasteiger partial charge on any atom is 0.416 e. The number of benzene rings is 2. The second kappa shape index (κ2) is 13.9. The molecule has 1 fully saturated rings. The van der Waals surface area contributed by atoms with Crippen molar-refractivity contribution in [3.63, 3.8) is 0 Å². The number of hydrogen-bond acceptors (Lipinski definition) is 6. The molecule has 0 radical (unpaired) electrons. The summed E-state index contributed by atoms with van der Waals surface area (Å²) in [5.41, 5.74) is -0.152. The highest BCUT2D eigenvalue weighted by atomic mass is 19.4. The molecule has 1 N–H and O–H groups in total. The van der Waals surface area contributed by atoms with Crippen LogP contribution in [0.1, 0.15) is 108 Å². The number of fused-ring (bicyclic) bond motifs is 1. The quantitative estimate of drug-likeness (QED) is 0.294. The third-order valence-electron chi connectivity index (χ3n) is 7.92. The topological polar surface area (TPSA) is 94.2 Å². The van der Waals surface area contributed by atoms with Gasteiger partial charge in [0.15, 0.2) is 0 Å². The average molecular weight is 647 g/mol. The van der Waals surface area contributed by atoms with Crippen LogP contribution < -0.4 is 15.0 Å². The summed E-state index contributed by atoms with van der Waals surface area (Å²) in [6.07, 6.45) is -0.222. The van der Waals surface area contributed by atoms with Crippen LogP contribution >= 0.6 is 0 Å². The molecule has 0 saturated heterocycles. The highest BCUT2D eigenvalue weighted by Gasteiger charge is 2.36. The highest BCUT2D eigenvalue weighted by Crippen LogP contribution is 2.39. The van der Waals surface area contributed by atoms with Crippen molar-refractivity contribution in [2.45, 2.75) is 122 Å². The Morgan fingerprint density at radius 2 is 1.59 bits per heavy atom. The van der Waals surface area contributed by atoms with E-state index in [1.165, 1.54) is 17.0 Å². The molecule has 0 bridgehead atoms. The zero-order valence-corrected chi connectivity index (χ0v) is 27.5. The van der Waals surface area contributed by atoms with Crippen LogP contribution in [0.15, 0.2) is 36.4 Å². The number of alkyl carbamates (subject to hydrolysis) is 1. The van der Waals surface area contributed by atoms with E-state index in [1.807, 2.05) is 0 Å². The highest BCUT2D eigenvalue weighted by molar-refractivity contribution is 5.98. The molecule has 2 aromatic rings. The van der Waals surface area contributed by atoms with Gasteiger partial charge < -0.3 is 24.4 Å². The molecule has 0 aromatic heterocycles. The first-order valence-corrected chi connectivity index (χ1v) is 15.9. The number of alkyl halides is 3. The van der Waals surface area contributed by atoms with Gasteiger partial charge in [0.2, 0.25) is 5.91 Å². The van der Waals surface area contributed by atoms with E-state index >= 15 is 0 Å². The molecule has 252 valence electrons. The summed E-state index contributed by atoms with van der Waals surface area (Å²) < 4.78 is 58.7. The first-order valence-electron chi connectivity index (χ1n) is 15.9. The molecular formula is C35H45F3N2O6. The number of carbonyl (C=O) groups excluding carboxylic acids is 3. The van der Waals surface area contributed by atoms with Gasteiger partial charge in [-0.2, -0.15) is 13.2 Å². The Labute approximate surface area is 269 Å². The molecule has 0 spiro atoms. The van der Waals surface area contributed by atoms with Crippen molar-refractivity contribution in [2.75, 3.05) is 11.4 Å². The molecule has 2 aliphatic rings. The van der Waals surface area contributed by atoms with E-state index < -0.39 is 47.0 Å². The van der Waals surface area contributed by atoms with Crippen LogP contribution in [0.25, 0.3) is 0 Å². The molecule has 11 heteroatoms. The first kappa shape index (κ1) is 35.1. The minimum atomic E-state index is -4.50. The van der Waals surface area contributed by atoms with Crippen molar-refractivity contribution < 1.29 is 41.8 Å². The van der Waals surface area contributed by atoms with E-state index in [4.69, 9.17) is 14.2 Å². The fourth-order valence-electron chi connectivity index (χ4n) is 5.86. The molecule has 8 nitrogen and oxygen atoms in total. The predicted molar refractivity (Wildman–Crippen MR) is 168 cm³/mol. The minimum absolute atomic E-state index is 0.0648. The normalized spacial score (nSPS) is 16.4. The fraction of sp³-hybridized carbons (Fsp3) is 0.571. The van der Waals surface area contributed by atoms with E-state index in [-0.39, 0.29) is 24.5 Å². The largest absolute Gasteiger partial charge is 0.489 e. The molecule has 1 aliphatic carbocycles. The van der Waals surface area contributed by atoms with Crippen molar-refractivity contribution >= 4 is 23.7 Å². The van der Waals surface area contributed by atoms with Gasteiger partial charge in [-0.3, -0.25) is 4.79 Å². The summed E-state index contributed by atoms with van der Waals surface area (Å²) in [5, 5.41) is 2.47. The number of hydrogen-bond donors (Lipinski definition) is 1. The number of ether oxygens (including phenoxy) is 3. The second-order valence-electron chi connectivity index (χ2n) is 14.1. The zero-order valence-electron chi connectivity index (χ0n) is 27.5. The van der Waals surface area contributed by atoms with Gasteiger partial charge in [0.1, 0.15) is 29.6 Å². The van der Waals surface area contributed by atoms with Crippen molar-refractivity contribution in [1.29, 1.82) is 0 Å². The number of nitrogens with zero attached hydrogens (tertiary/aromatic N) is 1. The van der Waals surface area contributed by atoms with Gasteiger partial charge in [-0.15, -0.1) is 0 Å². The molecule has 46 heavy (non-hydrogen) atoms. The molecule has 2 aromatic carbocycles. The van der Waals surface area contributed by atoms with E-state index in [9.17, 15) is 27.6 Å². The van der Waals surface area contributed by atoms with Gasteiger partial charge in [0.05, 0.1) is 12.0 Å². The fourth-order valence-corrected chi connectivity index (χ4v) is 5.86. The number of amides is 2. The summed E-state index contributed by atoms with van der Waals surface area (Å²) in [6, 6.07) is 8.32. The van der Waals surface area contributed by atoms with E-state index in [0.29, 0.717) is 24.4 Å². The first-order chi connectivity index (χ1) is 21.4. The monoisotopic (exact) mass is 646 g/mol. The second-order valence-corrected chi connectivity index (χ2v) is 14.1. The van der Waals surface area contributed by atoms with E-state index in [0.717, 1.165) is 43.2 Å². The van der Waals surface area contributed by atoms with Gasteiger partial charge >= 0.3 is 18.2 Å². The zero-order chi connectivity index (χ0) is 33.9. The summed E-state index contributed by atoms with van der Waals surface area (Å²) >= 11 is 0. The summed E-state index contributed by atoms with van der Waals surface area (Å²) in [5.74, 6) is -0.637. The van der Waals surface area contributed by atoms with Crippen LogP contribution in [-0.4, -0.2) is 41.8 Å². The van der Waals surface area contributed by atoms with Crippen LogP contribution in [0, 0.1) is 0 Å². The Kier molecular flexibility index (Phi) is 10.6. The molecule has 1 aliphatic heterocycles. The number of carbonyl (C=O) groups is 3. The molecule has 2 amide bonds. The number of nitrogens with one attached hydrogen (secondary N) is 1. The molecule has 1 heterocycles. The van der Waals surface area contributed by atoms with Gasteiger partial charge in [-0.25, -0.2) is 9.59 Å². The average Bonchev–Trinajstić information content (AvgIpc) is 3.37. The molecule has 1 saturated carbocycles. The molecular weight excluding hydrogens is 601 g/mol. The smallest absolute Gasteiger partial charge is 0.416 e. The Balaban J connectivity index is 1.45. The standard InChI is InChI=1S/C35H45F3N2O6/c1-33(2,3)45-31(42)28(39-32(43)46-34(4,5)6)20-30(41)40-17-16-24-18-26(14-15-29(24)40)44-21-25-13-12-23(19-27(25)35(36,37)38)22-10-8-7-9-11-22/h12-15,18-19,22,28H,7-11,16-17,20-21H2,1-6H3,(H,39,43)/t28-/m1/s1. The van der Waals surface area contributed by atoms with Gasteiger partial charge in [0, 0.05) is 17.8 Å². The third kappa shape index (κ3) is 9.62. The van der Waals surface area contributed by atoms with Crippen LogP contribution in [-0.2, 0) is 38.3 Å². The Bertz CT molecular complexity index is 1420. The lowest BCUT2D eigenvalue weighted by Gasteiger charge is -2.27. The van der Waals surface area contributed by atoms with Gasteiger partial charge in [-0.1, -0.05) is 31.4 Å².